The van der Waals surface area contributed by atoms with Crippen LogP contribution in [0.2, 0.25) is 0 Å². The van der Waals surface area contributed by atoms with E-state index in [2.05, 4.69) is 25.1 Å². The molecule has 0 spiro atoms. The third-order valence-corrected chi connectivity index (χ3v) is 4.50. The maximum Gasteiger partial charge on any atom is 0.254 e. The maximum atomic E-state index is 12.8. The van der Waals surface area contributed by atoms with Crippen molar-refractivity contribution in [2.45, 2.75) is 32.4 Å². The molecule has 0 aromatic heterocycles. The Bertz CT molecular complexity index is 663. The lowest BCUT2D eigenvalue weighted by Crippen LogP contribution is -2.30. The fourth-order valence-electron chi connectivity index (χ4n) is 3.24. The molecule has 1 heterocycles. The van der Waals surface area contributed by atoms with Gasteiger partial charge in [0.25, 0.3) is 5.91 Å². The number of carbonyl (C=O) groups excluding carboxylic acids is 1. The van der Waals surface area contributed by atoms with Crippen LogP contribution >= 0.6 is 0 Å². The number of nitrogens with zero attached hydrogens (tertiary/aromatic N) is 1. The predicted molar refractivity (Wildman–Crippen MR) is 88.5 cm³/mol. The number of rotatable bonds is 3. The Balaban J connectivity index is 1.86. The minimum Gasteiger partial charge on any atom is -0.332 e. The van der Waals surface area contributed by atoms with E-state index in [9.17, 15) is 4.79 Å². The summed E-state index contributed by atoms with van der Waals surface area (Å²) < 4.78 is 0. The summed E-state index contributed by atoms with van der Waals surface area (Å²) in [5, 5.41) is 0. The smallest absolute Gasteiger partial charge is 0.254 e. The fraction of sp³-hybridized carbons (Fsp3) is 0.316. The molecule has 1 saturated heterocycles. The van der Waals surface area contributed by atoms with E-state index in [1.165, 1.54) is 11.1 Å². The maximum absolute atomic E-state index is 12.8. The summed E-state index contributed by atoms with van der Waals surface area (Å²) in [6, 6.07) is 16.2. The number of aryl methyl sites for hydroxylation is 1. The molecule has 2 N–H and O–H groups in total. The van der Waals surface area contributed by atoms with Crippen molar-refractivity contribution in [3.8, 4) is 0 Å². The van der Waals surface area contributed by atoms with Crippen LogP contribution in [0.1, 0.15) is 45.9 Å². The first-order valence-corrected chi connectivity index (χ1v) is 7.86. The van der Waals surface area contributed by atoms with Gasteiger partial charge in [0.1, 0.15) is 0 Å². The van der Waals surface area contributed by atoms with Gasteiger partial charge < -0.3 is 10.6 Å². The largest absolute Gasteiger partial charge is 0.332 e. The minimum absolute atomic E-state index is 0.120. The van der Waals surface area contributed by atoms with E-state index < -0.39 is 0 Å². The van der Waals surface area contributed by atoms with Crippen molar-refractivity contribution < 1.29 is 4.79 Å². The standard InChI is InChI=1S/C19H22N2O/c1-14-5-2-3-6-17(14)18-7-4-12-21(18)19(22)16-10-8-15(13-20)9-11-16/h2-3,5-6,8-11,18H,4,7,12-13,20H2,1H3/t18-/m0/s1. The Hall–Kier alpha value is -2.13. The van der Waals surface area contributed by atoms with Crippen LogP contribution in [0, 0.1) is 6.92 Å². The molecule has 2 aromatic rings. The minimum atomic E-state index is 0.120. The van der Waals surface area contributed by atoms with Gasteiger partial charge >= 0.3 is 0 Å². The van der Waals surface area contributed by atoms with Crippen LogP contribution in [0.5, 0.6) is 0 Å². The van der Waals surface area contributed by atoms with E-state index in [0.717, 1.165) is 30.5 Å². The number of hydrogen-bond acceptors (Lipinski definition) is 2. The van der Waals surface area contributed by atoms with Gasteiger partial charge in [0.2, 0.25) is 0 Å². The van der Waals surface area contributed by atoms with E-state index in [0.29, 0.717) is 6.54 Å². The highest BCUT2D eigenvalue weighted by Gasteiger charge is 2.31. The van der Waals surface area contributed by atoms with Crippen molar-refractivity contribution >= 4 is 5.91 Å². The second kappa shape index (κ2) is 6.32. The topological polar surface area (TPSA) is 46.3 Å². The first-order valence-electron chi connectivity index (χ1n) is 7.86. The van der Waals surface area contributed by atoms with E-state index in [4.69, 9.17) is 5.73 Å². The van der Waals surface area contributed by atoms with Crippen LogP contribution in [0.15, 0.2) is 48.5 Å². The van der Waals surface area contributed by atoms with E-state index in [1.807, 2.05) is 35.2 Å². The van der Waals surface area contributed by atoms with Crippen molar-refractivity contribution in [1.82, 2.24) is 4.90 Å². The SMILES string of the molecule is Cc1ccccc1[C@@H]1CCCN1C(=O)c1ccc(CN)cc1. The lowest BCUT2D eigenvalue weighted by atomic mass is 9.99. The zero-order valence-electron chi connectivity index (χ0n) is 13.0. The first-order chi connectivity index (χ1) is 10.7. The molecule has 0 radical (unpaired) electrons. The van der Waals surface area contributed by atoms with Crippen molar-refractivity contribution in [1.29, 1.82) is 0 Å². The molecule has 1 amide bonds. The van der Waals surface area contributed by atoms with Gasteiger partial charge in [-0.05, 0) is 48.6 Å². The quantitative estimate of drug-likeness (QED) is 0.942. The summed E-state index contributed by atoms with van der Waals surface area (Å²) in [5.41, 5.74) is 9.94. The second-order valence-corrected chi connectivity index (χ2v) is 5.91. The molecule has 0 bridgehead atoms. The summed E-state index contributed by atoms with van der Waals surface area (Å²) in [4.78, 5) is 14.8. The lowest BCUT2D eigenvalue weighted by Gasteiger charge is -2.26. The number of hydrogen-bond donors (Lipinski definition) is 1. The van der Waals surface area contributed by atoms with Crippen LogP contribution in [0.4, 0.5) is 0 Å². The highest BCUT2D eigenvalue weighted by molar-refractivity contribution is 5.94. The number of likely N-dealkylation sites (tertiary alicyclic amines) is 1. The summed E-state index contributed by atoms with van der Waals surface area (Å²) in [7, 11) is 0. The van der Waals surface area contributed by atoms with Gasteiger partial charge in [0.15, 0.2) is 0 Å². The molecule has 3 heteroatoms. The van der Waals surface area contributed by atoms with Crippen LogP contribution in [0.25, 0.3) is 0 Å². The highest BCUT2D eigenvalue weighted by atomic mass is 16.2. The molecule has 0 unspecified atom stereocenters. The Morgan fingerprint density at radius 3 is 2.59 bits per heavy atom. The average Bonchev–Trinajstić information content (AvgIpc) is 3.04. The van der Waals surface area contributed by atoms with E-state index in [-0.39, 0.29) is 11.9 Å². The lowest BCUT2D eigenvalue weighted by molar-refractivity contribution is 0.0735. The molecule has 3 nitrogen and oxygen atoms in total. The normalized spacial score (nSPS) is 17.7. The Morgan fingerprint density at radius 1 is 1.18 bits per heavy atom. The van der Waals surface area contributed by atoms with Gasteiger partial charge in [0.05, 0.1) is 6.04 Å². The van der Waals surface area contributed by atoms with E-state index in [1.54, 1.807) is 0 Å². The van der Waals surface area contributed by atoms with Gasteiger partial charge in [-0.3, -0.25) is 4.79 Å². The molecule has 0 saturated carbocycles. The number of carbonyl (C=O) groups is 1. The first kappa shape index (κ1) is 14.8. The molecule has 1 fully saturated rings. The average molecular weight is 294 g/mol. The summed E-state index contributed by atoms with van der Waals surface area (Å²) >= 11 is 0. The number of amides is 1. The molecule has 3 rings (SSSR count). The van der Waals surface area contributed by atoms with Gasteiger partial charge in [0, 0.05) is 18.7 Å². The van der Waals surface area contributed by atoms with Gasteiger partial charge in [-0.2, -0.15) is 0 Å². The Morgan fingerprint density at radius 2 is 1.91 bits per heavy atom. The number of benzene rings is 2. The zero-order valence-corrected chi connectivity index (χ0v) is 13.0. The van der Waals surface area contributed by atoms with Crippen molar-refractivity contribution in [2.75, 3.05) is 6.54 Å². The molecule has 1 aliphatic heterocycles. The third kappa shape index (κ3) is 2.77. The van der Waals surface area contributed by atoms with E-state index >= 15 is 0 Å². The molecular weight excluding hydrogens is 272 g/mol. The molecule has 2 aromatic carbocycles. The summed E-state index contributed by atoms with van der Waals surface area (Å²) in [6.07, 6.45) is 2.10. The summed E-state index contributed by atoms with van der Waals surface area (Å²) in [6.45, 7) is 3.45. The summed E-state index contributed by atoms with van der Waals surface area (Å²) in [5.74, 6) is 0.120. The fourth-order valence-corrected chi connectivity index (χ4v) is 3.24. The van der Waals surface area contributed by atoms with Crippen molar-refractivity contribution in [3.05, 3.63) is 70.8 Å². The second-order valence-electron chi connectivity index (χ2n) is 5.91. The van der Waals surface area contributed by atoms with Crippen molar-refractivity contribution in [2.24, 2.45) is 5.73 Å². The molecule has 1 aliphatic rings. The highest BCUT2D eigenvalue weighted by Crippen LogP contribution is 2.34. The monoisotopic (exact) mass is 294 g/mol. The van der Waals surface area contributed by atoms with Crippen LogP contribution < -0.4 is 5.73 Å². The predicted octanol–water partition coefficient (Wildman–Crippen LogP) is 3.43. The Labute approximate surface area is 131 Å². The van der Waals surface area contributed by atoms with Gasteiger partial charge in [-0.1, -0.05) is 36.4 Å². The van der Waals surface area contributed by atoms with Gasteiger partial charge in [-0.25, -0.2) is 0 Å². The van der Waals surface area contributed by atoms with Crippen LogP contribution in [-0.4, -0.2) is 17.4 Å². The number of nitrogens with two attached hydrogens (primary N) is 1. The third-order valence-electron chi connectivity index (χ3n) is 4.50. The molecule has 0 aliphatic carbocycles. The van der Waals surface area contributed by atoms with Crippen molar-refractivity contribution in [3.63, 3.8) is 0 Å². The molecule has 114 valence electrons. The molecular formula is C19H22N2O. The van der Waals surface area contributed by atoms with Crippen LogP contribution in [0.3, 0.4) is 0 Å². The zero-order chi connectivity index (χ0) is 15.5. The van der Waals surface area contributed by atoms with Crippen LogP contribution in [-0.2, 0) is 6.54 Å². The molecule has 22 heavy (non-hydrogen) atoms. The molecule has 1 atom stereocenters. The Kier molecular flexibility index (Phi) is 4.25. The van der Waals surface area contributed by atoms with Gasteiger partial charge in [-0.15, -0.1) is 0 Å².